The lowest BCUT2D eigenvalue weighted by atomic mass is 10.2. The number of rotatable bonds is 3. The number of fused-ring (bicyclic) bond motifs is 1. The van der Waals surface area contributed by atoms with Crippen molar-refractivity contribution < 1.29 is 0 Å². The summed E-state index contributed by atoms with van der Waals surface area (Å²) in [6, 6.07) is 10.1. The quantitative estimate of drug-likeness (QED) is 0.759. The minimum atomic E-state index is 0.642. The minimum absolute atomic E-state index is 0.642. The number of anilines is 1. The molecule has 0 fully saturated rings. The van der Waals surface area contributed by atoms with Gasteiger partial charge in [0, 0.05) is 24.0 Å². The molecule has 0 spiro atoms. The van der Waals surface area contributed by atoms with E-state index in [4.69, 9.17) is 0 Å². The van der Waals surface area contributed by atoms with Crippen molar-refractivity contribution in [3.63, 3.8) is 0 Å². The highest BCUT2D eigenvalue weighted by atomic mass is 14.9. The van der Waals surface area contributed by atoms with Crippen molar-refractivity contribution in [1.82, 2.24) is 15.0 Å². The fourth-order valence-electron chi connectivity index (χ4n) is 1.85. The number of hydrogen-bond acceptors (Lipinski definition) is 4. The second-order valence-electron chi connectivity index (χ2n) is 3.93. The molecule has 0 radical (unpaired) electrons. The Morgan fingerprint density at radius 2 is 1.89 bits per heavy atom. The van der Waals surface area contributed by atoms with Gasteiger partial charge in [-0.1, -0.05) is 18.2 Å². The molecule has 18 heavy (non-hydrogen) atoms. The first-order valence-corrected chi connectivity index (χ1v) is 5.76. The zero-order valence-electron chi connectivity index (χ0n) is 9.74. The lowest BCUT2D eigenvalue weighted by molar-refractivity contribution is 1.01. The highest BCUT2D eigenvalue weighted by molar-refractivity contribution is 5.90. The van der Waals surface area contributed by atoms with E-state index in [0.717, 1.165) is 22.3 Å². The Morgan fingerprint density at radius 3 is 2.78 bits per heavy atom. The maximum absolute atomic E-state index is 4.39. The van der Waals surface area contributed by atoms with Crippen LogP contribution in [0.5, 0.6) is 0 Å². The predicted molar refractivity (Wildman–Crippen MR) is 71.1 cm³/mol. The highest BCUT2D eigenvalue weighted by Gasteiger charge is 2.01. The summed E-state index contributed by atoms with van der Waals surface area (Å²) in [6.07, 6.45) is 6.92. The number of benzene rings is 1. The maximum atomic E-state index is 4.39. The summed E-state index contributed by atoms with van der Waals surface area (Å²) >= 11 is 0. The summed E-state index contributed by atoms with van der Waals surface area (Å²) in [6.45, 7) is 0.642. The Labute approximate surface area is 105 Å². The van der Waals surface area contributed by atoms with Gasteiger partial charge in [0.1, 0.15) is 0 Å². The SMILES string of the molecule is c1cnc2c(NCc3cnccn3)cccc2c1. The van der Waals surface area contributed by atoms with E-state index in [1.54, 1.807) is 24.8 Å². The molecule has 0 atom stereocenters. The second-order valence-corrected chi connectivity index (χ2v) is 3.93. The molecule has 2 aromatic heterocycles. The molecule has 3 rings (SSSR count). The third kappa shape index (κ3) is 2.13. The van der Waals surface area contributed by atoms with Crippen LogP contribution >= 0.6 is 0 Å². The molecule has 88 valence electrons. The van der Waals surface area contributed by atoms with E-state index in [0.29, 0.717) is 6.54 Å². The number of pyridine rings is 1. The molecular formula is C14H12N4. The van der Waals surface area contributed by atoms with Crippen LogP contribution in [0, 0.1) is 0 Å². The van der Waals surface area contributed by atoms with Gasteiger partial charge in [0.2, 0.25) is 0 Å². The van der Waals surface area contributed by atoms with E-state index >= 15 is 0 Å². The molecule has 1 aromatic carbocycles. The smallest absolute Gasteiger partial charge is 0.0933 e. The van der Waals surface area contributed by atoms with Crippen LogP contribution in [0.15, 0.2) is 55.1 Å². The Kier molecular flexibility index (Phi) is 2.84. The molecule has 0 saturated heterocycles. The van der Waals surface area contributed by atoms with Gasteiger partial charge in [-0.25, -0.2) is 0 Å². The molecule has 0 saturated carbocycles. The minimum Gasteiger partial charge on any atom is -0.378 e. The zero-order chi connectivity index (χ0) is 12.2. The monoisotopic (exact) mass is 236 g/mol. The van der Waals surface area contributed by atoms with Crippen molar-refractivity contribution >= 4 is 16.6 Å². The molecule has 0 aliphatic rings. The first-order valence-electron chi connectivity index (χ1n) is 5.76. The van der Waals surface area contributed by atoms with Crippen molar-refractivity contribution in [2.75, 3.05) is 5.32 Å². The number of nitrogens with one attached hydrogen (secondary N) is 1. The summed E-state index contributed by atoms with van der Waals surface area (Å²) < 4.78 is 0. The molecular weight excluding hydrogens is 224 g/mol. The van der Waals surface area contributed by atoms with Gasteiger partial charge in [0.15, 0.2) is 0 Å². The lowest BCUT2D eigenvalue weighted by Crippen LogP contribution is -2.02. The summed E-state index contributed by atoms with van der Waals surface area (Å²) in [5, 5.41) is 4.47. The molecule has 4 heteroatoms. The topological polar surface area (TPSA) is 50.7 Å². The van der Waals surface area contributed by atoms with E-state index in [1.807, 2.05) is 18.2 Å². The normalized spacial score (nSPS) is 10.4. The molecule has 0 bridgehead atoms. The Bertz CT molecular complexity index is 647. The van der Waals surface area contributed by atoms with Crippen molar-refractivity contribution in [3.05, 3.63) is 60.8 Å². The van der Waals surface area contributed by atoms with Crippen LogP contribution in [0.3, 0.4) is 0 Å². The van der Waals surface area contributed by atoms with Gasteiger partial charge < -0.3 is 5.32 Å². The standard InChI is InChI=1S/C14H12N4/c1-3-11-4-2-6-17-14(11)13(5-1)18-10-12-9-15-7-8-16-12/h1-9,18H,10H2. The van der Waals surface area contributed by atoms with Crippen molar-refractivity contribution in [2.45, 2.75) is 6.54 Å². The summed E-state index contributed by atoms with van der Waals surface area (Å²) in [5.41, 5.74) is 2.90. The van der Waals surface area contributed by atoms with Crippen molar-refractivity contribution in [2.24, 2.45) is 0 Å². The Morgan fingerprint density at radius 1 is 0.944 bits per heavy atom. The summed E-state index contributed by atoms with van der Waals surface area (Å²) in [4.78, 5) is 12.7. The number of nitrogens with zero attached hydrogens (tertiary/aromatic N) is 3. The highest BCUT2D eigenvalue weighted by Crippen LogP contribution is 2.20. The number of aromatic nitrogens is 3. The molecule has 0 aliphatic carbocycles. The average Bonchev–Trinajstić information content (AvgIpc) is 2.46. The lowest BCUT2D eigenvalue weighted by Gasteiger charge is -2.08. The molecule has 0 aliphatic heterocycles. The van der Waals surface area contributed by atoms with Gasteiger partial charge in [-0.15, -0.1) is 0 Å². The van der Waals surface area contributed by atoms with E-state index < -0.39 is 0 Å². The van der Waals surface area contributed by atoms with Gasteiger partial charge in [0.05, 0.1) is 29.6 Å². The fraction of sp³-hybridized carbons (Fsp3) is 0.0714. The molecule has 0 amide bonds. The summed E-state index contributed by atoms with van der Waals surface area (Å²) in [5.74, 6) is 0. The van der Waals surface area contributed by atoms with Gasteiger partial charge in [0.25, 0.3) is 0 Å². The number of hydrogen-bond donors (Lipinski definition) is 1. The van der Waals surface area contributed by atoms with E-state index in [2.05, 4.69) is 32.4 Å². The molecule has 4 nitrogen and oxygen atoms in total. The molecule has 3 aromatic rings. The van der Waals surface area contributed by atoms with Crippen molar-refractivity contribution in [3.8, 4) is 0 Å². The van der Waals surface area contributed by atoms with Crippen LogP contribution in [0.1, 0.15) is 5.69 Å². The summed E-state index contributed by atoms with van der Waals surface area (Å²) in [7, 11) is 0. The van der Waals surface area contributed by atoms with Gasteiger partial charge in [-0.3, -0.25) is 15.0 Å². The van der Waals surface area contributed by atoms with Crippen LogP contribution < -0.4 is 5.32 Å². The van der Waals surface area contributed by atoms with Crippen LogP contribution in [0.25, 0.3) is 10.9 Å². The Balaban J connectivity index is 1.87. The zero-order valence-corrected chi connectivity index (χ0v) is 9.74. The van der Waals surface area contributed by atoms with Gasteiger partial charge in [-0.05, 0) is 12.1 Å². The maximum Gasteiger partial charge on any atom is 0.0933 e. The molecule has 2 heterocycles. The van der Waals surface area contributed by atoms with E-state index in [1.165, 1.54) is 0 Å². The number of para-hydroxylation sites is 1. The van der Waals surface area contributed by atoms with Crippen LogP contribution in [0.2, 0.25) is 0 Å². The van der Waals surface area contributed by atoms with E-state index in [-0.39, 0.29) is 0 Å². The van der Waals surface area contributed by atoms with E-state index in [9.17, 15) is 0 Å². The van der Waals surface area contributed by atoms with Crippen LogP contribution in [-0.4, -0.2) is 15.0 Å². The Hall–Kier alpha value is -2.49. The molecule has 0 unspecified atom stereocenters. The van der Waals surface area contributed by atoms with Crippen LogP contribution in [0.4, 0.5) is 5.69 Å². The predicted octanol–water partition coefficient (Wildman–Crippen LogP) is 2.64. The van der Waals surface area contributed by atoms with Gasteiger partial charge >= 0.3 is 0 Å². The van der Waals surface area contributed by atoms with Crippen molar-refractivity contribution in [1.29, 1.82) is 0 Å². The fourth-order valence-corrected chi connectivity index (χ4v) is 1.85. The average molecular weight is 236 g/mol. The third-order valence-corrected chi connectivity index (χ3v) is 2.71. The van der Waals surface area contributed by atoms with Crippen LogP contribution in [-0.2, 0) is 6.54 Å². The first kappa shape index (κ1) is 10.7. The third-order valence-electron chi connectivity index (χ3n) is 2.71. The largest absolute Gasteiger partial charge is 0.378 e. The second kappa shape index (κ2) is 4.79. The van der Waals surface area contributed by atoms with Gasteiger partial charge in [-0.2, -0.15) is 0 Å². The molecule has 1 N–H and O–H groups in total. The first-order chi connectivity index (χ1) is 8.93.